The lowest BCUT2D eigenvalue weighted by molar-refractivity contribution is -0.109. The van der Waals surface area contributed by atoms with Crippen molar-refractivity contribution in [2.45, 2.75) is 70.1 Å². The molecule has 1 N–H and O–H groups in total. The normalized spacial score (nSPS) is 16.1. The van der Waals surface area contributed by atoms with E-state index >= 15 is 0 Å². The Morgan fingerprint density at radius 2 is 1.80 bits per heavy atom. The van der Waals surface area contributed by atoms with E-state index in [2.05, 4.69) is 37.0 Å². The molecule has 3 aromatic rings. The summed E-state index contributed by atoms with van der Waals surface area (Å²) < 4.78 is 0. The highest BCUT2D eigenvalue weighted by atomic mass is 16.1. The lowest BCUT2D eigenvalue weighted by Crippen LogP contribution is -2.09. The van der Waals surface area contributed by atoms with Gasteiger partial charge in [0.15, 0.2) is 5.78 Å². The number of hydrogen-bond acceptors (Lipinski definition) is 2. The number of aromatic amines is 1. The fraction of sp³-hybridized carbons (Fsp3) is 0.407. The van der Waals surface area contributed by atoms with Crippen LogP contribution in [0.2, 0.25) is 0 Å². The van der Waals surface area contributed by atoms with Crippen molar-refractivity contribution in [2.24, 2.45) is 0 Å². The second-order valence-corrected chi connectivity index (χ2v) is 9.03. The molecule has 0 saturated heterocycles. The van der Waals surface area contributed by atoms with Crippen molar-refractivity contribution in [3.63, 3.8) is 0 Å². The molecule has 0 bridgehead atoms. The molecule has 0 radical (unpaired) electrons. The van der Waals surface area contributed by atoms with Gasteiger partial charge in [-0.3, -0.25) is 4.79 Å². The molecular weight excluding hydrogens is 370 g/mol. The molecule has 1 saturated carbocycles. The third-order valence-corrected chi connectivity index (χ3v) is 6.68. The maximum absolute atomic E-state index is 12.9. The van der Waals surface area contributed by atoms with Crippen LogP contribution < -0.4 is 0 Å². The summed E-state index contributed by atoms with van der Waals surface area (Å²) in [7, 11) is 0. The number of nitrogens with one attached hydrogen (secondary N) is 1. The van der Waals surface area contributed by atoms with Crippen LogP contribution in [0.1, 0.15) is 97.2 Å². The van der Waals surface area contributed by atoms with Gasteiger partial charge in [0.05, 0.1) is 0 Å². The number of rotatable bonds is 7. The number of Topliss-reactive ketones (excluding diaryl/α,β-unsaturated/α-hetero) is 1. The van der Waals surface area contributed by atoms with Gasteiger partial charge in [-0.05, 0) is 53.5 Å². The summed E-state index contributed by atoms with van der Waals surface area (Å²) in [6.45, 7) is 4.27. The topological polar surface area (TPSA) is 49.9 Å². The molecule has 0 aliphatic heterocycles. The zero-order valence-electron chi connectivity index (χ0n) is 18.0. The molecule has 1 aliphatic carbocycles. The Morgan fingerprint density at radius 3 is 2.47 bits per heavy atom. The summed E-state index contributed by atoms with van der Waals surface area (Å²) in [5.74, 6) is 0.626. The van der Waals surface area contributed by atoms with E-state index in [0.717, 1.165) is 22.8 Å². The Kier molecular flexibility index (Phi) is 6.17. The zero-order chi connectivity index (χ0) is 21.1. The van der Waals surface area contributed by atoms with Gasteiger partial charge in [0.2, 0.25) is 0 Å². The van der Waals surface area contributed by atoms with Gasteiger partial charge in [-0.25, -0.2) is 0 Å². The molecule has 3 heteroatoms. The van der Waals surface area contributed by atoms with Crippen LogP contribution in [0.25, 0.3) is 10.9 Å². The van der Waals surface area contributed by atoms with Crippen LogP contribution in [0.4, 0.5) is 0 Å². The highest BCUT2D eigenvalue weighted by Crippen LogP contribution is 2.36. The van der Waals surface area contributed by atoms with E-state index in [4.69, 9.17) is 0 Å². The Labute approximate surface area is 178 Å². The largest absolute Gasteiger partial charge is 0.361 e. The standard InChI is InChI=1S/C27H31NO2/c1-18(2)19-8-10-21(11-9-19)27(30)15-23(17-29)25-16-28-26-13-12-22(14-24(25)26)20-6-4-3-5-7-20/h8-14,16-18,20,23,28H,3-7,15H2,1-2H3. The quantitative estimate of drug-likeness (QED) is 0.346. The first kappa shape index (κ1) is 20.6. The molecule has 1 aromatic heterocycles. The molecular formula is C27H31NO2. The van der Waals surface area contributed by atoms with Crippen molar-refractivity contribution in [1.29, 1.82) is 0 Å². The fourth-order valence-electron chi connectivity index (χ4n) is 4.76. The van der Waals surface area contributed by atoms with Crippen LogP contribution in [0, 0.1) is 0 Å². The van der Waals surface area contributed by atoms with E-state index in [1.807, 2.05) is 30.5 Å². The fourth-order valence-corrected chi connectivity index (χ4v) is 4.76. The third kappa shape index (κ3) is 4.26. The van der Waals surface area contributed by atoms with E-state index in [0.29, 0.717) is 17.4 Å². The van der Waals surface area contributed by atoms with Crippen LogP contribution in [-0.4, -0.2) is 17.1 Å². The Bertz CT molecular complexity index is 1020. The summed E-state index contributed by atoms with van der Waals surface area (Å²) >= 11 is 0. The van der Waals surface area contributed by atoms with E-state index in [1.165, 1.54) is 43.2 Å². The maximum atomic E-state index is 12.9. The second-order valence-electron chi connectivity index (χ2n) is 9.03. The Morgan fingerprint density at radius 1 is 1.07 bits per heavy atom. The Hall–Kier alpha value is -2.68. The monoisotopic (exact) mass is 401 g/mol. The first-order chi connectivity index (χ1) is 14.6. The number of carbonyl (C=O) groups excluding carboxylic acids is 2. The minimum atomic E-state index is -0.433. The van der Waals surface area contributed by atoms with Gasteiger partial charge in [-0.15, -0.1) is 0 Å². The molecule has 0 amide bonds. The predicted molar refractivity (Wildman–Crippen MR) is 122 cm³/mol. The van der Waals surface area contributed by atoms with Crippen molar-refractivity contribution in [1.82, 2.24) is 4.98 Å². The summed E-state index contributed by atoms with van der Waals surface area (Å²) in [5, 5.41) is 1.08. The number of carbonyl (C=O) groups is 2. The molecule has 156 valence electrons. The van der Waals surface area contributed by atoms with Crippen LogP contribution in [0.3, 0.4) is 0 Å². The lowest BCUT2D eigenvalue weighted by atomic mass is 9.83. The average molecular weight is 402 g/mol. The predicted octanol–water partition coefficient (Wildman–Crippen LogP) is 6.89. The molecule has 1 atom stereocenters. The van der Waals surface area contributed by atoms with Gasteiger partial charge in [0, 0.05) is 35.0 Å². The third-order valence-electron chi connectivity index (χ3n) is 6.68. The van der Waals surface area contributed by atoms with E-state index in [9.17, 15) is 9.59 Å². The summed E-state index contributed by atoms with van der Waals surface area (Å²) in [5.41, 5.74) is 5.22. The van der Waals surface area contributed by atoms with E-state index in [1.54, 1.807) is 0 Å². The van der Waals surface area contributed by atoms with Crippen molar-refractivity contribution in [2.75, 3.05) is 0 Å². The van der Waals surface area contributed by atoms with Crippen LogP contribution in [0.5, 0.6) is 0 Å². The lowest BCUT2D eigenvalue weighted by Gasteiger charge is -2.22. The molecule has 1 unspecified atom stereocenters. The maximum Gasteiger partial charge on any atom is 0.163 e. The number of benzene rings is 2. The molecule has 3 nitrogen and oxygen atoms in total. The number of aldehydes is 1. The minimum Gasteiger partial charge on any atom is -0.361 e. The van der Waals surface area contributed by atoms with Gasteiger partial charge in [0.25, 0.3) is 0 Å². The number of H-pyrrole nitrogens is 1. The van der Waals surface area contributed by atoms with Crippen LogP contribution in [-0.2, 0) is 4.79 Å². The first-order valence-corrected chi connectivity index (χ1v) is 11.3. The highest BCUT2D eigenvalue weighted by molar-refractivity contribution is 5.99. The van der Waals surface area contributed by atoms with Crippen LogP contribution >= 0.6 is 0 Å². The summed E-state index contributed by atoms with van der Waals surface area (Å²) in [6.07, 6.45) is 9.44. The van der Waals surface area contributed by atoms with E-state index in [-0.39, 0.29) is 12.2 Å². The van der Waals surface area contributed by atoms with Crippen molar-refractivity contribution in [3.8, 4) is 0 Å². The molecule has 2 aromatic carbocycles. The second kappa shape index (κ2) is 8.99. The van der Waals surface area contributed by atoms with Crippen molar-refractivity contribution < 1.29 is 9.59 Å². The molecule has 1 fully saturated rings. The first-order valence-electron chi connectivity index (χ1n) is 11.3. The van der Waals surface area contributed by atoms with Gasteiger partial charge in [-0.2, -0.15) is 0 Å². The molecule has 1 aliphatic rings. The summed E-state index contributed by atoms with van der Waals surface area (Å²) in [4.78, 5) is 28.1. The number of fused-ring (bicyclic) bond motifs is 1. The van der Waals surface area contributed by atoms with Gasteiger partial charge in [0.1, 0.15) is 6.29 Å². The van der Waals surface area contributed by atoms with Gasteiger partial charge < -0.3 is 9.78 Å². The number of ketones is 1. The number of aromatic nitrogens is 1. The average Bonchev–Trinajstić information content (AvgIpc) is 3.21. The molecule has 0 spiro atoms. The van der Waals surface area contributed by atoms with Gasteiger partial charge >= 0.3 is 0 Å². The summed E-state index contributed by atoms with van der Waals surface area (Å²) in [6, 6.07) is 14.4. The smallest absolute Gasteiger partial charge is 0.163 e. The molecule has 4 rings (SSSR count). The van der Waals surface area contributed by atoms with Crippen LogP contribution in [0.15, 0.2) is 48.7 Å². The van der Waals surface area contributed by atoms with E-state index < -0.39 is 5.92 Å². The molecule has 30 heavy (non-hydrogen) atoms. The highest BCUT2D eigenvalue weighted by Gasteiger charge is 2.22. The zero-order valence-corrected chi connectivity index (χ0v) is 18.0. The minimum absolute atomic E-state index is 0.0141. The Balaban J connectivity index is 1.57. The van der Waals surface area contributed by atoms with Gasteiger partial charge in [-0.1, -0.05) is 63.4 Å². The van der Waals surface area contributed by atoms with Crippen molar-refractivity contribution in [3.05, 3.63) is 70.9 Å². The SMILES string of the molecule is CC(C)c1ccc(C(=O)CC(C=O)c2c[nH]c3ccc(C4CCCCC4)cc23)cc1. The van der Waals surface area contributed by atoms with Crippen molar-refractivity contribution >= 4 is 23.0 Å². The number of hydrogen-bond donors (Lipinski definition) is 1. The molecule has 1 heterocycles.